The van der Waals surface area contributed by atoms with Gasteiger partial charge in [0, 0.05) is 50.5 Å². The molecule has 14 aromatic rings. The van der Waals surface area contributed by atoms with Gasteiger partial charge in [0.25, 0.3) is 6.71 Å². The molecule has 2 aliphatic rings. The summed E-state index contributed by atoms with van der Waals surface area (Å²) in [5.74, 6) is 0. The molecule has 2 aliphatic heterocycles. The van der Waals surface area contributed by atoms with E-state index < -0.39 is 11.7 Å². The molecule has 0 saturated carbocycles. The maximum atomic E-state index is 15.0. The number of benzene rings is 13. The largest absolute Gasteiger partial charge is 0.415 e. The number of nitrogens with zero attached hydrogens (tertiary/aromatic N) is 4. The van der Waals surface area contributed by atoms with Gasteiger partial charge in [-0.2, -0.15) is 13.2 Å². The molecule has 1 aromatic heterocycles. The van der Waals surface area contributed by atoms with Gasteiger partial charge in [0.15, 0.2) is 5.69 Å². The molecule has 0 spiro atoms. The Balaban J connectivity index is 0.960. The van der Waals surface area contributed by atoms with E-state index in [0.717, 1.165) is 118 Å². The highest BCUT2D eigenvalue weighted by Crippen LogP contribution is 2.49. The van der Waals surface area contributed by atoms with Crippen LogP contribution in [-0.4, -0.2) is 11.3 Å². The fourth-order valence-electron chi connectivity index (χ4n) is 13.6. The quantitative estimate of drug-likeness (QED) is 0.106. The highest BCUT2D eigenvalue weighted by Gasteiger charge is 2.44. The molecular formula is C80H50BF3N4. The van der Waals surface area contributed by atoms with Crippen LogP contribution in [0.15, 0.2) is 303 Å². The number of rotatable bonds is 9. The zero-order valence-corrected chi connectivity index (χ0v) is 47.4. The van der Waals surface area contributed by atoms with E-state index in [1.54, 1.807) is 12.1 Å². The standard InChI is InChI=1S/C80H50BF3N4/c1-85-62-37-42-65(69(51-62)80(82,83)84)66-26-14-16-28-72(66)88-73-29-17-15-27-67(73)68-46-58(34-43-74(68)88)61-49-77-79-78(50-61)87(64-40-32-57(33-41-64)53-20-8-3-9-21-53)76-45-36-60(55-24-12-5-13-25-55)48-71(76)81(79)70-47-59(54-22-10-4-11-23-54)35-44-75(70)86(77)63-38-30-56(31-39-63)52-18-6-2-7-19-52/h2-51H. The van der Waals surface area contributed by atoms with Crippen molar-refractivity contribution in [3.8, 4) is 72.4 Å². The highest BCUT2D eigenvalue weighted by atomic mass is 19.4. The molecule has 3 heterocycles. The Hall–Kier alpha value is -11.4. The lowest BCUT2D eigenvalue weighted by atomic mass is 9.33. The molecule has 0 atom stereocenters. The summed E-state index contributed by atoms with van der Waals surface area (Å²) in [7, 11) is 0. The van der Waals surface area contributed by atoms with Gasteiger partial charge in [-0.15, -0.1) is 0 Å². The monoisotopic (exact) mass is 1130 g/mol. The van der Waals surface area contributed by atoms with Crippen molar-refractivity contribution in [2.45, 2.75) is 6.18 Å². The second-order valence-electron chi connectivity index (χ2n) is 22.6. The van der Waals surface area contributed by atoms with Gasteiger partial charge in [-0.3, -0.25) is 0 Å². The lowest BCUT2D eigenvalue weighted by Crippen LogP contribution is -2.61. The topological polar surface area (TPSA) is 15.8 Å². The number of anilines is 6. The molecule has 0 aliphatic carbocycles. The smallest absolute Gasteiger partial charge is 0.311 e. The van der Waals surface area contributed by atoms with Crippen LogP contribution in [0.2, 0.25) is 0 Å². The van der Waals surface area contributed by atoms with Crippen molar-refractivity contribution in [1.82, 2.24) is 4.57 Å². The van der Waals surface area contributed by atoms with Gasteiger partial charge in [0.05, 0.1) is 28.9 Å². The van der Waals surface area contributed by atoms with Crippen LogP contribution in [0, 0.1) is 6.57 Å². The Morgan fingerprint density at radius 1 is 0.318 bits per heavy atom. The third kappa shape index (κ3) is 8.78. The van der Waals surface area contributed by atoms with Gasteiger partial charge in [-0.1, -0.05) is 224 Å². The van der Waals surface area contributed by atoms with Crippen LogP contribution in [0.4, 0.5) is 53.0 Å². The van der Waals surface area contributed by atoms with E-state index in [2.05, 4.69) is 250 Å². The molecular weight excluding hydrogens is 1080 g/mol. The van der Waals surface area contributed by atoms with Crippen LogP contribution in [0.25, 0.3) is 99.1 Å². The summed E-state index contributed by atoms with van der Waals surface area (Å²) in [4.78, 5) is 8.28. The molecule has 16 rings (SSSR count). The van der Waals surface area contributed by atoms with Gasteiger partial charge >= 0.3 is 6.18 Å². The average molecular weight is 1140 g/mol. The second kappa shape index (κ2) is 21.0. The molecule has 0 N–H and O–H groups in total. The minimum atomic E-state index is -4.70. The third-order valence-corrected chi connectivity index (χ3v) is 17.6. The van der Waals surface area contributed by atoms with Crippen LogP contribution in [0.5, 0.6) is 0 Å². The highest BCUT2D eigenvalue weighted by molar-refractivity contribution is 7.00. The van der Waals surface area contributed by atoms with Gasteiger partial charge in [0.1, 0.15) is 0 Å². The maximum Gasteiger partial charge on any atom is 0.415 e. The number of hydrogen-bond donors (Lipinski definition) is 0. The Bertz CT molecular complexity index is 4880. The van der Waals surface area contributed by atoms with E-state index in [4.69, 9.17) is 6.57 Å². The van der Waals surface area contributed by atoms with E-state index in [9.17, 15) is 0 Å². The fourth-order valence-corrected chi connectivity index (χ4v) is 13.6. The number of para-hydroxylation sites is 2. The predicted molar refractivity (Wildman–Crippen MR) is 359 cm³/mol. The first-order valence-electron chi connectivity index (χ1n) is 29.4. The lowest BCUT2D eigenvalue weighted by molar-refractivity contribution is -0.137. The number of fused-ring (bicyclic) bond motifs is 7. The molecule has 0 bridgehead atoms. The zero-order valence-electron chi connectivity index (χ0n) is 47.4. The van der Waals surface area contributed by atoms with Crippen molar-refractivity contribution in [3.63, 3.8) is 0 Å². The van der Waals surface area contributed by atoms with E-state index in [0.29, 0.717) is 11.3 Å². The zero-order chi connectivity index (χ0) is 59.0. The normalized spacial score (nSPS) is 12.4. The minimum Gasteiger partial charge on any atom is -0.311 e. The van der Waals surface area contributed by atoms with Crippen molar-refractivity contribution < 1.29 is 13.2 Å². The maximum absolute atomic E-state index is 15.0. The lowest BCUT2D eigenvalue weighted by Gasteiger charge is -2.44. The first-order valence-corrected chi connectivity index (χ1v) is 29.4. The van der Waals surface area contributed by atoms with Crippen molar-refractivity contribution in [2.75, 3.05) is 9.80 Å². The summed E-state index contributed by atoms with van der Waals surface area (Å²) < 4.78 is 47.1. The number of halogens is 3. The van der Waals surface area contributed by atoms with Crippen LogP contribution < -0.4 is 26.2 Å². The number of hydrogen-bond acceptors (Lipinski definition) is 2. The van der Waals surface area contributed by atoms with Gasteiger partial charge in [-0.25, -0.2) is 4.85 Å². The average Bonchev–Trinajstić information content (AvgIpc) is 0.800. The second-order valence-corrected chi connectivity index (χ2v) is 22.6. The SMILES string of the molecule is [C-]#[N+]c1ccc(-c2ccccc2-n2c3ccccc3c3cc(-c4cc5c6c(c4)N(c4ccc(-c7ccccc7)cc4)c4ccc(-c7ccccc7)cc4B6c4cc(-c6ccccc6)ccc4N5c4ccc(-c5ccccc5)cc4)ccc32)c(C(F)(F)F)c1. The Morgan fingerprint density at radius 3 is 1.27 bits per heavy atom. The predicted octanol–water partition coefficient (Wildman–Crippen LogP) is 20.4. The Kier molecular flexibility index (Phi) is 12.4. The van der Waals surface area contributed by atoms with E-state index in [1.165, 1.54) is 28.5 Å². The van der Waals surface area contributed by atoms with Crippen LogP contribution in [-0.2, 0) is 6.18 Å². The molecule has 4 nitrogen and oxygen atoms in total. The van der Waals surface area contributed by atoms with E-state index in [-0.39, 0.29) is 18.0 Å². The summed E-state index contributed by atoms with van der Waals surface area (Å²) in [6, 6.07) is 105. The summed E-state index contributed by atoms with van der Waals surface area (Å²) in [6.45, 7) is 7.36. The number of alkyl halides is 3. The number of aromatic nitrogens is 1. The van der Waals surface area contributed by atoms with Crippen molar-refractivity contribution in [1.29, 1.82) is 0 Å². The first-order chi connectivity index (χ1) is 43.2. The van der Waals surface area contributed by atoms with Gasteiger partial charge < -0.3 is 14.4 Å². The minimum absolute atomic E-state index is 0.00799. The summed E-state index contributed by atoms with van der Waals surface area (Å²) in [6.07, 6.45) is -4.70. The van der Waals surface area contributed by atoms with E-state index >= 15 is 13.2 Å². The fraction of sp³-hybridized carbons (Fsp3) is 0.0125. The summed E-state index contributed by atoms with van der Waals surface area (Å²) >= 11 is 0. The van der Waals surface area contributed by atoms with Crippen molar-refractivity contribution >= 4 is 84.7 Å². The Labute approximate surface area is 508 Å². The molecule has 0 fully saturated rings. The molecule has 8 heteroatoms. The van der Waals surface area contributed by atoms with E-state index in [1.807, 2.05) is 42.5 Å². The van der Waals surface area contributed by atoms with Crippen LogP contribution in [0.1, 0.15) is 5.56 Å². The third-order valence-electron chi connectivity index (χ3n) is 17.6. The van der Waals surface area contributed by atoms with Crippen molar-refractivity contribution in [2.24, 2.45) is 0 Å². The molecule has 13 aromatic carbocycles. The first kappa shape index (κ1) is 52.2. The molecule has 88 heavy (non-hydrogen) atoms. The molecule has 0 radical (unpaired) electrons. The van der Waals surface area contributed by atoms with Gasteiger partial charge in [-0.05, 0) is 156 Å². The van der Waals surface area contributed by atoms with Crippen molar-refractivity contribution in [3.05, 3.63) is 320 Å². The molecule has 0 unspecified atom stereocenters. The van der Waals surface area contributed by atoms with Crippen LogP contribution >= 0.6 is 0 Å². The van der Waals surface area contributed by atoms with Gasteiger partial charge in [0.2, 0.25) is 0 Å². The molecule has 0 amide bonds. The molecule has 0 saturated heterocycles. The molecule has 414 valence electrons. The van der Waals surface area contributed by atoms with Crippen LogP contribution in [0.3, 0.4) is 0 Å². The summed E-state index contributed by atoms with van der Waals surface area (Å²) in [5, 5.41) is 1.91. The Morgan fingerprint density at radius 2 is 0.750 bits per heavy atom. The summed E-state index contributed by atoms with van der Waals surface area (Å²) in [5.41, 5.74) is 22.7.